The number of carboxylic acid groups (broad SMARTS) is 1. The largest absolute Gasteiger partial charge is 0.480 e. The van der Waals surface area contributed by atoms with Gasteiger partial charge in [-0.2, -0.15) is 0 Å². The quantitative estimate of drug-likeness (QED) is 0.625. The number of aromatic amines is 1. The van der Waals surface area contributed by atoms with E-state index in [2.05, 4.69) is 25.6 Å². The number of aromatic nitrogens is 5. The van der Waals surface area contributed by atoms with Gasteiger partial charge in [0.15, 0.2) is 5.69 Å². The highest BCUT2D eigenvalue weighted by Gasteiger charge is 2.11. The molecule has 2 heterocycles. The van der Waals surface area contributed by atoms with E-state index in [1.807, 2.05) is 0 Å². The number of nitrogens with one attached hydrogen (secondary N) is 2. The molecule has 9 heteroatoms. The summed E-state index contributed by atoms with van der Waals surface area (Å²) in [4.78, 5) is 28.8. The summed E-state index contributed by atoms with van der Waals surface area (Å²) in [5.41, 5.74) is 0.0582. The Balaban J connectivity index is 1.92. The minimum atomic E-state index is -1.05. The van der Waals surface area contributed by atoms with Crippen molar-refractivity contribution in [3.63, 3.8) is 0 Å². The molecule has 2 aromatic heterocycles. The van der Waals surface area contributed by atoms with E-state index < -0.39 is 11.9 Å². The lowest BCUT2D eigenvalue weighted by molar-refractivity contribution is -0.137. The topological polar surface area (TPSA) is 126 Å². The molecule has 0 saturated carbocycles. The highest BCUT2D eigenvalue weighted by atomic mass is 16.4. The van der Waals surface area contributed by atoms with Gasteiger partial charge in [-0.25, -0.2) is 9.67 Å². The van der Waals surface area contributed by atoms with Crippen LogP contribution in [0.25, 0.3) is 0 Å². The van der Waals surface area contributed by atoms with Gasteiger partial charge in [0.2, 0.25) is 0 Å². The van der Waals surface area contributed by atoms with Crippen LogP contribution in [0.1, 0.15) is 16.3 Å². The zero-order valence-electron chi connectivity index (χ0n) is 9.20. The third kappa shape index (κ3) is 2.90. The van der Waals surface area contributed by atoms with Crippen LogP contribution in [0.5, 0.6) is 0 Å². The molecule has 0 aromatic carbocycles. The van der Waals surface area contributed by atoms with E-state index >= 15 is 0 Å². The predicted octanol–water partition coefficient (Wildman–Crippen LogP) is -0.984. The Labute approximate surface area is 101 Å². The van der Waals surface area contributed by atoms with Crippen LogP contribution < -0.4 is 5.32 Å². The summed E-state index contributed by atoms with van der Waals surface area (Å²) in [6.07, 6.45) is 4.49. The van der Waals surface area contributed by atoms with Gasteiger partial charge >= 0.3 is 5.97 Å². The molecule has 9 nitrogen and oxygen atoms in total. The Morgan fingerprint density at radius 3 is 3.00 bits per heavy atom. The zero-order valence-corrected chi connectivity index (χ0v) is 9.20. The first-order valence-electron chi connectivity index (χ1n) is 5.03. The van der Waals surface area contributed by atoms with Crippen molar-refractivity contribution in [2.24, 2.45) is 0 Å². The smallest absolute Gasteiger partial charge is 0.325 e. The van der Waals surface area contributed by atoms with Crippen LogP contribution >= 0.6 is 0 Å². The molecule has 18 heavy (non-hydrogen) atoms. The number of hydrogen-bond donors (Lipinski definition) is 3. The highest BCUT2D eigenvalue weighted by Crippen LogP contribution is 1.95. The summed E-state index contributed by atoms with van der Waals surface area (Å²) in [5, 5.41) is 18.2. The highest BCUT2D eigenvalue weighted by molar-refractivity contribution is 5.91. The number of hydrogen-bond acceptors (Lipinski definition) is 5. The number of amides is 1. The maximum atomic E-state index is 11.6. The van der Waals surface area contributed by atoms with Gasteiger partial charge in [-0.05, 0) is 0 Å². The van der Waals surface area contributed by atoms with Crippen molar-refractivity contribution >= 4 is 11.9 Å². The lowest BCUT2D eigenvalue weighted by Gasteiger charge is -1.98. The fourth-order valence-corrected chi connectivity index (χ4v) is 1.27. The molecular formula is C9H10N6O3. The summed E-state index contributed by atoms with van der Waals surface area (Å²) < 4.78 is 1.07. The summed E-state index contributed by atoms with van der Waals surface area (Å²) in [7, 11) is 0. The molecule has 0 aliphatic rings. The Bertz CT molecular complexity index is 546. The molecule has 1 amide bonds. The Hall–Kier alpha value is -2.71. The van der Waals surface area contributed by atoms with Crippen molar-refractivity contribution in [1.82, 2.24) is 30.3 Å². The van der Waals surface area contributed by atoms with E-state index in [0.717, 1.165) is 4.68 Å². The molecule has 0 saturated heterocycles. The predicted molar refractivity (Wildman–Crippen MR) is 57.4 cm³/mol. The van der Waals surface area contributed by atoms with E-state index in [9.17, 15) is 9.59 Å². The standard InChI is InChI=1S/C9H10N6O3/c16-8(17)5-15-4-6(13-14-15)9(18)12-3-7-10-1-2-11-7/h1-2,4H,3,5H2,(H,10,11)(H,12,18)(H,16,17). The molecule has 0 radical (unpaired) electrons. The second kappa shape index (κ2) is 5.08. The minimum Gasteiger partial charge on any atom is -0.480 e. The Morgan fingerprint density at radius 1 is 1.50 bits per heavy atom. The zero-order chi connectivity index (χ0) is 13.0. The summed E-state index contributed by atoms with van der Waals surface area (Å²) in [5.74, 6) is -0.883. The van der Waals surface area contributed by atoms with Crippen molar-refractivity contribution in [2.45, 2.75) is 13.1 Å². The van der Waals surface area contributed by atoms with E-state index in [1.165, 1.54) is 6.20 Å². The summed E-state index contributed by atoms with van der Waals surface area (Å²) in [6, 6.07) is 0. The minimum absolute atomic E-state index is 0.0582. The van der Waals surface area contributed by atoms with Crippen LogP contribution in [0.2, 0.25) is 0 Å². The molecule has 2 aromatic rings. The first-order valence-corrected chi connectivity index (χ1v) is 5.03. The van der Waals surface area contributed by atoms with Gasteiger partial charge < -0.3 is 15.4 Å². The van der Waals surface area contributed by atoms with Gasteiger partial charge in [0, 0.05) is 12.4 Å². The molecule has 0 aliphatic carbocycles. The van der Waals surface area contributed by atoms with Gasteiger partial charge in [-0.3, -0.25) is 9.59 Å². The number of aliphatic carboxylic acids is 1. The first-order chi connectivity index (χ1) is 8.65. The third-order valence-corrected chi connectivity index (χ3v) is 2.04. The lowest BCUT2D eigenvalue weighted by atomic mass is 10.4. The van der Waals surface area contributed by atoms with Crippen LogP contribution in [0.3, 0.4) is 0 Å². The van der Waals surface area contributed by atoms with Crippen molar-refractivity contribution in [2.75, 3.05) is 0 Å². The van der Waals surface area contributed by atoms with Gasteiger partial charge in [0.05, 0.1) is 12.7 Å². The fraction of sp³-hybridized carbons (Fsp3) is 0.222. The SMILES string of the molecule is O=C(O)Cn1cc(C(=O)NCc2ncc[nH]2)nn1. The van der Waals surface area contributed by atoms with E-state index in [1.54, 1.807) is 12.4 Å². The average molecular weight is 250 g/mol. The van der Waals surface area contributed by atoms with Gasteiger partial charge in [0.25, 0.3) is 5.91 Å². The third-order valence-electron chi connectivity index (χ3n) is 2.04. The molecule has 0 fully saturated rings. The van der Waals surface area contributed by atoms with Crippen molar-refractivity contribution in [1.29, 1.82) is 0 Å². The van der Waals surface area contributed by atoms with E-state index in [0.29, 0.717) is 5.82 Å². The Kier molecular flexibility index (Phi) is 3.32. The molecule has 0 unspecified atom stereocenters. The van der Waals surface area contributed by atoms with Crippen LogP contribution in [0, 0.1) is 0 Å². The van der Waals surface area contributed by atoms with Crippen molar-refractivity contribution in [3.05, 3.63) is 30.1 Å². The van der Waals surface area contributed by atoms with Crippen molar-refractivity contribution in [3.8, 4) is 0 Å². The monoisotopic (exact) mass is 250 g/mol. The summed E-state index contributed by atoms with van der Waals surface area (Å²) >= 11 is 0. The molecule has 0 aliphatic heterocycles. The van der Waals surface area contributed by atoms with Gasteiger partial charge in [-0.1, -0.05) is 5.21 Å². The fourth-order valence-electron chi connectivity index (χ4n) is 1.27. The number of carboxylic acids is 1. The average Bonchev–Trinajstić information content (AvgIpc) is 2.95. The second-order valence-electron chi connectivity index (χ2n) is 3.41. The first kappa shape index (κ1) is 11.8. The number of rotatable bonds is 5. The summed E-state index contributed by atoms with van der Waals surface area (Å²) in [6.45, 7) is -0.101. The van der Waals surface area contributed by atoms with Gasteiger partial charge in [0.1, 0.15) is 12.4 Å². The number of nitrogens with zero attached hydrogens (tertiary/aromatic N) is 4. The molecule has 0 atom stereocenters. The number of imidazole rings is 1. The van der Waals surface area contributed by atoms with Crippen LogP contribution in [0.15, 0.2) is 18.6 Å². The molecule has 3 N–H and O–H groups in total. The molecule has 94 valence electrons. The number of carbonyl (C=O) groups excluding carboxylic acids is 1. The maximum Gasteiger partial charge on any atom is 0.325 e. The van der Waals surface area contributed by atoms with Gasteiger partial charge in [-0.15, -0.1) is 5.10 Å². The molecule has 2 rings (SSSR count). The number of H-pyrrole nitrogens is 1. The van der Waals surface area contributed by atoms with E-state index in [4.69, 9.17) is 5.11 Å². The second-order valence-corrected chi connectivity index (χ2v) is 3.41. The van der Waals surface area contributed by atoms with Crippen LogP contribution in [-0.2, 0) is 17.9 Å². The molecular weight excluding hydrogens is 240 g/mol. The van der Waals surface area contributed by atoms with Crippen LogP contribution in [-0.4, -0.2) is 41.9 Å². The molecule has 0 bridgehead atoms. The maximum absolute atomic E-state index is 11.6. The van der Waals surface area contributed by atoms with E-state index in [-0.39, 0.29) is 18.8 Å². The number of carbonyl (C=O) groups is 2. The normalized spacial score (nSPS) is 10.2. The Morgan fingerprint density at radius 2 is 2.33 bits per heavy atom. The lowest BCUT2D eigenvalue weighted by Crippen LogP contribution is -2.23. The molecule has 0 spiro atoms. The van der Waals surface area contributed by atoms with Crippen molar-refractivity contribution < 1.29 is 14.7 Å². The van der Waals surface area contributed by atoms with Crippen LogP contribution in [0.4, 0.5) is 0 Å².